The number of carbonyl (C=O) groups is 3. The number of nitrogens with zero attached hydrogens (tertiary/aromatic N) is 1. The number of anilines is 2. The van der Waals surface area contributed by atoms with Gasteiger partial charge < -0.3 is 20.5 Å². The van der Waals surface area contributed by atoms with Gasteiger partial charge in [0.1, 0.15) is 5.76 Å². The molecule has 0 saturated carbocycles. The Hall–Kier alpha value is -3.67. The van der Waals surface area contributed by atoms with Crippen LogP contribution >= 0.6 is 0 Å². The summed E-state index contributed by atoms with van der Waals surface area (Å²) in [5.41, 5.74) is 0.596. The van der Waals surface area contributed by atoms with E-state index in [9.17, 15) is 22.8 Å². The highest BCUT2D eigenvalue weighted by atomic mass is 32.2. The topological polar surface area (TPSA) is 160 Å². The lowest BCUT2D eigenvalue weighted by Crippen LogP contribution is -2.40. The van der Waals surface area contributed by atoms with Gasteiger partial charge in [-0.05, 0) is 38.1 Å². The van der Waals surface area contributed by atoms with Crippen molar-refractivity contribution < 1.29 is 27.3 Å². The van der Waals surface area contributed by atoms with E-state index in [0.29, 0.717) is 11.4 Å². The molecule has 0 aliphatic rings. The van der Waals surface area contributed by atoms with E-state index in [-0.39, 0.29) is 29.4 Å². The molecule has 0 fully saturated rings. The number of benzene rings is 1. The Bertz CT molecular complexity index is 1060. The van der Waals surface area contributed by atoms with Crippen molar-refractivity contribution in [3.8, 4) is 0 Å². The quantitative estimate of drug-likeness (QED) is 0.418. The van der Waals surface area contributed by atoms with Crippen molar-refractivity contribution in [1.82, 2.24) is 15.8 Å². The number of aryl methyl sites for hydroxylation is 1. The zero-order valence-electron chi connectivity index (χ0n) is 16.3. The normalized spacial score (nSPS) is 10.7. The molecule has 0 aliphatic carbocycles. The molecule has 0 aliphatic heterocycles. The molecule has 0 unspecified atom stereocenters. The van der Waals surface area contributed by atoms with Crippen molar-refractivity contribution in [1.29, 1.82) is 0 Å². The fraction of sp³-hybridized carbons (Fsp3) is 0.222. The second-order valence-corrected chi connectivity index (χ2v) is 7.92. The fourth-order valence-corrected chi connectivity index (χ4v) is 3.07. The molecule has 0 radical (unpaired) electrons. The summed E-state index contributed by atoms with van der Waals surface area (Å²) < 4.78 is 31.7. The number of nitrogens with one attached hydrogen (secondary N) is 4. The van der Waals surface area contributed by atoms with Gasteiger partial charge in [-0.3, -0.25) is 19.1 Å². The highest BCUT2D eigenvalue weighted by Crippen LogP contribution is 2.18. The maximum absolute atomic E-state index is 12.3. The van der Waals surface area contributed by atoms with Crippen LogP contribution in [0, 0.1) is 6.92 Å². The maximum atomic E-state index is 12.3. The van der Waals surface area contributed by atoms with Crippen molar-refractivity contribution in [2.45, 2.75) is 18.7 Å². The third kappa shape index (κ3) is 6.74. The Morgan fingerprint density at radius 1 is 1.07 bits per heavy atom. The Morgan fingerprint density at radius 2 is 1.70 bits per heavy atom. The summed E-state index contributed by atoms with van der Waals surface area (Å²) in [7, 11) is -3.87. The summed E-state index contributed by atoms with van der Waals surface area (Å²) in [6, 6.07) is 6.84. The Balaban J connectivity index is 1.84. The minimum Gasteiger partial charge on any atom is -0.360 e. The Morgan fingerprint density at radius 3 is 2.27 bits per heavy atom. The van der Waals surface area contributed by atoms with E-state index >= 15 is 0 Å². The number of hydrogen-bond donors (Lipinski definition) is 4. The molecule has 1 aromatic carbocycles. The summed E-state index contributed by atoms with van der Waals surface area (Å²) in [5, 5.41) is 10.8. The average Bonchev–Trinajstić information content (AvgIpc) is 3.08. The zero-order chi connectivity index (χ0) is 22.3. The van der Waals surface area contributed by atoms with Gasteiger partial charge in [0.05, 0.1) is 18.0 Å². The summed E-state index contributed by atoms with van der Waals surface area (Å²) in [4.78, 5) is 34.8. The van der Waals surface area contributed by atoms with E-state index in [4.69, 9.17) is 4.52 Å². The van der Waals surface area contributed by atoms with Crippen LogP contribution in [0.15, 0.2) is 51.9 Å². The van der Waals surface area contributed by atoms with Crippen molar-refractivity contribution >= 4 is 39.3 Å². The number of carbonyl (C=O) groups excluding carboxylic acids is 3. The third-order valence-corrected chi connectivity index (χ3v) is 4.93. The number of aromatic nitrogens is 1. The van der Waals surface area contributed by atoms with Crippen LogP contribution in [0.4, 0.5) is 11.5 Å². The molecule has 160 valence electrons. The second kappa shape index (κ2) is 9.69. The SMILES string of the molecule is C=C(C)C(=O)NCC(=O)NCC(=O)Nc1ccc(S(=O)(=O)Nc2cc(C)on2)cc1. The van der Waals surface area contributed by atoms with Crippen molar-refractivity contribution in [3.05, 3.63) is 48.2 Å². The highest BCUT2D eigenvalue weighted by Gasteiger charge is 2.16. The van der Waals surface area contributed by atoms with Gasteiger partial charge in [0.15, 0.2) is 5.82 Å². The van der Waals surface area contributed by atoms with Crippen molar-refractivity contribution in [2.24, 2.45) is 0 Å². The molecule has 1 aromatic heterocycles. The molecular formula is C18H21N5O6S. The van der Waals surface area contributed by atoms with Crippen LogP contribution in [-0.2, 0) is 24.4 Å². The second-order valence-electron chi connectivity index (χ2n) is 6.24. The van der Waals surface area contributed by atoms with Crippen LogP contribution < -0.4 is 20.7 Å². The maximum Gasteiger partial charge on any atom is 0.263 e. The van der Waals surface area contributed by atoms with E-state index in [1.165, 1.54) is 37.3 Å². The monoisotopic (exact) mass is 435 g/mol. The van der Waals surface area contributed by atoms with E-state index < -0.39 is 27.7 Å². The molecule has 0 spiro atoms. The van der Waals surface area contributed by atoms with E-state index in [0.717, 1.165) is 0 Å². The molecule has 0 saturated heterocycles. The van der Waals surface area contributed by atoms with Crippen LogP contribution in [0.25, 0.3) is 0 Å². The number of amides is 3. The molecule has 1 heterocycles. The standard InChI is InChI=1S/C18H21N5O6S/c1-11(2)18(26)20-9-16(24)19-10-17(25)21-13-4-6-14(7-5-13)30(27,28)23-15-8-12(3)29-22-15/h4-8H,1,9-10H2,2-3H3,(H,19,24)(H,20,26)(H,21,25)(H,22,23). The smallest absolute Gasteiger partial charge is 0.263 e. The van der Waals surface area contributed by atoms with Crippen LogP contribution in [0.2, 0.25) is 0 Å². The summed E-state index contributed by atoms with van der Waals surface area (Å²) in [6.45, 7) is 5.96. The van der Waals surface area contributed by atoms with Crippen LogP contribution in [0.5, 0.6) is 0 Å². The fourth-order valence-electron chi connectivity index (χ4n) is 2.09. The first-order valence-corrected chi connectivity index (χ1v) is 10.1. The number of sulfonamides is 1. The minimum atomic E-state index is -3.87. The molecular weight excluding hydrogens is 414 g/mol. The third-order valence-electron chi connectivity index (χ3n) is 3.56. The van der Waals surface area contributed by atoms with Gasteiger partial charge in [0.25, 0.3) is 10.0 Å². The van der Waals surface area contributed by atoms with Gasteiger partial charge >= 0.3 is 0 Å². The van der Waals surface area contributed by atoms with Gasteiger partial charge in [0.2, 0.25) is 17.7 Å². The molecule has 2 rings (SSSR count). The summed E-state index contributed by atoms with van der Waals surface area (Å²) >= 11 is 0. The van der Waals surface area contributed by atoms with E-state index in [1.807, 2.05) is 0 Å². The van der Waals surface area contributed by atoms with Crippen LogP contribution in [0.3, 0.4) is 0 Å². The first-order chi connectivity index (χ1) is 14.1. The van der Waals surface area contributed by atoms with E-state index in [2.05, 4.69) is 32.4 Å². The molecule has 30 heavy (non-hydrogen) atoms. The van der Waals surface area contributed by atoms with Crippen LogP contribution in [0.1, 0.15) is 12.7 Å². The molecule has 2 aromatic rings. The van der Waals surface area contributed by atoms with Gasteiger partial charge in [0, 0.05) is 17.3 Å². The lowest BCUT2D eigenvalue weighted by Gasteiger charge is -2.09. The Kier molecular flexibility index (Phi) is 7.31. The number of hydrogen-bond acceptors (Lipinski definition) is 7. The highest BCUT2D eigenvalue weighted by molar-refractivity contribution is 7.92. The van der Waals surface area contributed by atoms with Gasteiger partial charge in [-0.15, -0.1) is 0 Å². The molecule has 0 atom stereocenters. The van der Waals surface area contributed by atoms with Gasteiger partial charge in [-0.1, -0.05) is 11.7 Å². The van der Waals surface area contributed by atoms with E-state index in [1.54, 1.807) is 6.92 Å². The molecule has 12 heteroatoms. The lowest BCUT2D eigenvalue weighted by atomic mass is 10.3. The first-order valence-electron chi connectivity index (χ1n) is 8.63. The molecule has 11 nitrogen and oxygen atoms in total. The molecule has 0 bridgehead atoms. The summed E-state index contributed by atoms with van der Waals surface area (Å²) in [5.74, 6) is -1.02. The zero-order valence-corrected chi connectivity index (χ0v) is 17.1. The largest absolute Gasteiger partial charge is 0.360 e. The molecule has 3 amide bonds. The average molecular weight is 435 g/mol. The predicted molar refractivity (Wildman–Crippen MR) is 108 cm³/mol. The van der Waals surface area contributed by atoms with Gasteiger partial charge in [-0.2, -0.15) is 0 Å². The minimum absolute atomic E-state index is 0.0392. The predicted octanol–water partition coefficient (Wildman–Crippen LogP) is 0.531. The van der Waals surface area contributed by atoms with Crippen molar-refractivity contribution in [3.63, 3.8) is 0 Å². The lowest BCUT2D eigenvalue weighted by molar-refractivity contribution is -0.125. The Labute approximate surface area is 172 Å². The summed E-state index contributed by atoms with van der Waals surface area (Å²) in [6.07, 6.45) is 0. The molecule has 4 N–H and O–H groups in total. The van der Waals surface area contributed by atoms with Gasteiger partial charge in [-0.25, -0.2) is 8.42 Å². The van der Waals surface area contributed by atoms with Crippen molar-refractivity contribution in [2.75, 3.05) is 23.1 Å². The first kappa shape index (κ1) is 22.6. The van der Waals surface area contributed by atoms with Crippen LogP contribution in [-0.4, -0.2) is 44.4 Å². The number of rotatable bonds is 9.